The lowest BCUT2D eigenvalue weighted by Gasteiger charge is -2.25. The van der Waals surface area contributed by atoms with Gasteiger partial charge in [-0.1, -0.05) is 29.8 Å². The molecular formula is C24H19F3N2O2S. The summed E-state index contributed by atoms with van der Waals surface area (Å²) in [5.41, 5.74) is 2.54. The van der Waals surface area contributed by atoms with E-state index in [0.29, 0.717) is 16.9 Å². The summed E-state index contributed by atoms with van der Waals surface area (Å²) < 4.78 is 38.7. The molecule has 1 atom stereocenters. The lowest BCUT2D eigenvalue weighted by atomic mass is 10.1. The zero-order valence-corrected chi connectivity index (χ0v) is 17.8. The lowest BCUT2D eigenvalue weighted by molar-refractivity contribution is -0.137. The summed E-state index contributed by atoms with van der Waals surface area (Å²) in [7, 11) is 0. The molecule has 0 aromatic heterocycles. The van der Waals surface area contributed by atoms with Gasteiger partial charge < -0.3 is 5.32 Å². The van der Waals surface area contributed by atoms with Crippen LogP contribution in [0.25, 0.3) is 0 Å². The van der Waals surface area contributed by atoms with E-state index >= 15 is 0 Å². The Bertz CT molecular complexity index is 1150. The molecule has 0 unspecified atom stereocenters. The first-order valence-electron chi connectivity index (χ1n) is 9.81. The molecule has 1 N–H and O–H groups in total. The second-order valence-electron chi connectivity index (χ2n) is 7.42. The van der Waals surface area contributed by atoms with Gasteiger partial charge in [0.15, 0.2) is 0 Å². The van der Waals surface area contributed by atoms with E-state index in [1.165, 1.54) is 28.8 Å². The summed E-state index contributed by atoms with van der Waals surface area (Å²) in [5.74, 6) is -0.225. The number of carbonyl (C=O) groups is 2. The van der Waals surface area contributed by atoms with Crippen molar-refractivity contribution in [2.24, 2.45) is 0 Å². The van der Waals surface area contributed by atoms with E-state index in [1.54, 1.807) is 30.3 Å². The molecule has 0 radical (unpaired) electrons. The number of rotatable bonds is 4. The summed E-state index contributed by atoms with van der Waals surface area (Å²) in [6.07, 6.45) is -4.44. The standard InChI is InChI=1S/C24H19F3N2O2S/c1-15-5-7-16(8-6-15)22(31)28-19-4-2-3-17(13-19)23-29(21(30)14-32-23)20-11-9-18(10-12-20)24(25,26)27/h2-13,23H,14H2,1H3,(H,28,31)/t23-/m0/s1. The minimum absolute atomic E-state index is 0.186. The number of aryl methyl sites for hydroxylation is 1. The highest BCUT2D eigenvalue weighted by molar-refractivity contribution is 8.00. The van der Waals surface area contributed by atoms with Crippen LogP contribution < -0.4 is 10.2 Å². The number of hydrogen-bond donors (Lipinski definition) is 1. The van der Waals surface area contributed by atoms with E-state index in [4.69, 9.17) is 0 Å². The van der Waals surface area contributed by atoms with E-state index < -0.39 is 17.1 Å². The van der Waals surface area contributed by atoms with Gasteiger partial charge in [-0.25, -0.2) is 0 Å². The predicted octanol–water partition coefficient (Wildman–Crippen LogP) is 6.04. The highest BCUT2D eigenvalue weighted by atomic mass is 32.2. The van der Waals surface area contributed by atoms with E-state index in [1.807, 2.05) is 25.1 Å². The second kappa shape index (κ2) is 8.70. The highest BCUT2D eigenvalue weighted by Crippen LogP contribution is 2.43. The molecule has 1 aliphatic rings. The van der Waals surface area contributed by atoms with Crippen molar-refractivity contribution in [1.82, 2.24) is 0 Å². The van der Waals surface area contributed by atoms with Gasteiger partial charge in [0.1, 0.15) is 5.37 Å². The minimum atomic E-state index is -4.44. The zero-order valence-electron chi connectivity index (χ0n) is 17.0. The molecule has 1 saturated heterocycles. The molecule has 8 heteroatoms. The normalized spacial score (nSPS) is 16.3. The molecule has 0 bridgehead atoms. The molecule has 2 amide bonds. The number of nitrogens with zero attached hydrogens (tertiary/aromatic N) is 1. The van der Waals surface area contributed by atoms with Gasteiger partial charge in [-0.05, 0) is 61.0 Å². The van der Waals surface area contributed by atoms with Crippen molar-refractivity contribution in [1.29, 1.82) is 0 Å². The summed E-state index contributed by atoms with van der Waals surface area (Å²) >= 11 is 1.38. The van der Waals surface area contributed by atoms with Crippen LogP contribution in [0.1, 0.15) is 32.4 Å². The molecule has 164 valence electrons. The van der Waals surface area contributed by atoms with Crippen molar-refractivity contribution in [3.63, 3.8) is 0 Å². The van der Waals surface area contributed by atoms with E-state index in [9.17, 15) is 22.8 Å². The molecule has 0 spiro atoms. The Morgan fingerprint density at radius 3 is 2.38 bits per heavy atom. The number of thioether (sulfide) groups is 1. The molecular weight excluding hydrogens is 437 g/mol. The van der Waals surface area contributed by atoms with Crippen molar-refractivity contribution < 1.29 is 22.8 Å². The molecule has 32 heavy (non-hydrogen) atoms. The van der Waals surface area contributed by atoms with Crippen molar-refractivity contribution in [2.45, 2.75) is 18.5 Å². The Labute approximate surface area is 187 Å². The fourth-order valence-electron chi connectivity index (χ4n) is 3.44. The monoisotopic (exact) mass is 456 g/mol. The summed E-state index contributed by atoms with van der Waals surface area (Å²) in [4.78, 5) is 26.6. The van der Waals surface area contributed by atoms with Gasteiger partial charge in [0.05, 0.1) is 11.3 Å². The van der Waals surface area contributed by atoms with Crippen LogP contribution >= 0.6 is 11.8 Å². The molecule has 0 aliphatic carbocycles. The van der Waals surface area contributed by atoms with Crippen molar-refractivity contribution in [3.8, 4) is 0 Å². The molecule has 1 heterocycles. The van der Waals surface area contributed by atoms with Gasteiger partial charge in [-0.15, -0.1) is 11.8 Å². The topological polar surface area (TPSA) is 49.4 Å². The third kappa shape index (κ3) is 4.65. The number of carbonyl (C=O) groups excluding carboxylic acids is 2. The van der Waals surface area contributed by atoms with Crippen molar-refractivity contribution in [2.75, 3.05) is 16.0 Å². The number of anilines is 2. The van der Waals surface area contributed by atoms with Gasteiger partial charge in [-0.3, -0.25) is 14.5 Å². The Hall–Kier alpha value is -3.26. The van der Waals surface area contributed by atoms with E-state index in [-0.39, 0.29) is 17.6 Å². The van der Waals surface area contributed by atoms with Crippen LogP contribution in [0.5, 0.6) is 0 Å². The number of benzene rings is 3. The maximum absolute atomic E-state index is 12.9. The van der Waals surface area contributed by atoms with Crippen LogP contribution in [0.4, 0.5) is 24.5 Å². The SMILES string of the molecule is Cc1ccc(C(=O)Nc2cccc([C@@H]3SCC(=O)N3c3ccc(C(F)(F)F)cc3)c2)cc1. The van der Waals surface area contributed by atoms with Gasteiger partial charge in [0.2, 0.25) is 5.91 Å². The highest BCUT2D eigenvalue weighted by Gasteiger charge is 2.35. The van der Waals surface area contributed by atoms with Gasteiger partial charge in [-0.2, -0.15) is 13.2 Å². The molecule has 4 nitrogen and oxygen atoms in total. The molecule has 3 aromatic rings. The lowest BCUT2D eigenvalue weighted by Crippen LogP contribution is -2.28. The van der Waals surface area contributed by atoms with E-state index in [0.717, 1.165) is 23.3 Å². The largest absolute Gasteiger partial charge is 0.416 e. The first kappa shape index (κ1) is 22.0. The first-order chi connectivity index (χ1) is 15.2. The maximum atomic E-state index is 12.9. The van der Waals surface area contributed by atoms with Gasteiger partial charge in [0.25, 0.3) is 5.91 Å². The fourth-order valence-corrected chi connectivity index (χ4v) is 4.61. The third-order valence-electron chi connectivity index (χ3n) is 5.08. The maximum Gasteiger partial charge on any atom is 0.416 e. The fraction of sp³-hybridized carbons (Fsp3) is 0.167. The quantitative estimate of drug-likeness (QED) is 0.520. The average Bonchev–Trinajstić information content (AvgIpc) is 3.15. The van der Waals surface area contributed by atoms with Crippen LogP contribution in [-0.4, -0.2) is 17.6 Å². The van der Waals surface area contributed by atoms with Crippen LogP contribution in [-0.2, 0) is 11.0 Å². The van der Waals surface area contributed by atoms with Gasteiger partial charge in [0, 0.05) is 16.9 Å². The molecule has 1 aliphatic heterocycles. The Kier molecular flexibility index (Phi) is 5.97. The van der Waals surface area contributed by atoms with Crippen molar-refractivity contribution in [3.05, 3.63) is 95.1 Å². The van der Waals surface area contributed by atoms with Crippen LogP contribution in [0, 0.1) is 6.92 Å². The summed E-state index contributed by atoms with van der Waals surface area (Å²) in [6, 6.07) is 18.9. The number of nitrogens with one attached hydrogen (secondary N) is 1. The third-order valence-corrected chi connectivity index (χ3v) is 6.30. The number of alkyl halides is 3. The Balaban J connectivity index is 1.56. The van der Waals surface area contributed by atoms with E-state index in [2.05, 4.69) is 5.32 Å². The number of halogens is 3. The Morgan fingerprint density at radius 2 is 1.72 bits per heavy atom. The summed E-state index contributed by atoms with van der Waals surface area (Å²) in [5, 5.41) is 2.45. The number of amides is 2. The smallest absolute Gasteiger partial charge is 0.322 e. The zero-order chi connectivity index (χ0) is 22.9. The van der Waals surface area contributed by atoms with Crippen LogP contribution in [0.2, 0.25) is 0 Å². The molecule has 4 rings (SSSR count). The van der Waals surface area contributed by atoms with Crippen molar-refractivity contribution >= 4 is 35.0 Å². The molecule has 1 fully saturated rings. The molecule has 3 aromatic carbocycles. The van der Waals surface area contributed by atoms with Crippen LogP contribution in [0.15, 0.2) is 72.8 Å². The second-order valence-corrected chi connectivity index (χ2v) is 8.49. The minimum Gasteiger partial charge on any atom is -0.322 e. The number of hydrogen-bond acceptors (Lipinski definition) is 3. The average molecular weight is 456 g/mol. The van der Waals surface area contributed by atoms with Crippen LogP contribution in [0.3, 0.4) is 0 Å². The van der Waals surface area contributed by atoms with Gasteiger partial charge >= 0.3 is 6.18 Å². The predicted molar refractivity (Wildman–Crippen MR) is 120 cm³/mol. The molecule has 0 saturated carbocycles. The summed E-state index contributed by atoms with van der Waals surface area (Å²) in [6.45, 7) is 1.94. The first-order valence-corrected chi connectivity index (χ1v) is 10.9. The Morgan fingerprint density at radius 1 is 1.03 bits per heavy atom.